The topological polar surface area (TPSA) is 60.0 Å². The number of benzene rings is 1. The van der Waals surface area contributed by atoms with Crippen molar-refractivity contribution in [2.75, 3.05) is 47.5 Å². The number of rotatable bonds is 10. The lowest BCUT2D eigenvalue weighted by molar-refractivity contribution is -0.121. The lowest BCUT2D eigenvalue weighted by atomic mass is 9.99. The van der Waals surface area contributed by atoms with Gasteiger partial charge >= 0.3 is 0 Å². The quantitative estimate of drug-likeness (QED) is 0.635. The summed E-state index contributed by atoms with van der Waals surface area (Å²) in [5, 5.41) is 3.03. The average molecular weight is 379 g/mol. The SMILES string of the molecule is COc1cc(CCC(=O)NCCCN2CCC(C)CC2)cc(OC)c1OC. The van der Waals surface area contributed by atoms with E-state index in [0.29, 0.717) is 30.1 Å². The van der Waals surface area contributed by atoms with Gasteiger partial charge in [0.15, 0.2) is 11.5 Å². The smallest absolute Gasteiger partial charge is 0.220 e. The summed E-state index contributed by atoms with van der Waals surface area (Å²) in [6.45, 7) is 6.51. The highest BCUT2D eigenvalue weighted by molar-refractivity contribution is 5.76. The number of hydrogen-bond acceptors (Lipinski definition) is 5. The zero-order valence-corrected chi connectivity index (χ0v) is 17.2. The van der Waals surface area contributed by atoms with Gasteiger partial charge in [-0.15, -0.1) is 0 Å². The predicted molar refractivity (Wildman–Crippen MR) is 107 cm³/mol. The van der Waals surface area contributed by atoms with Gasteiger partial charge < -0.3 is 24.4 Å². The van der Waals surface area contributed by atoms with Gasteiger partial charge in [0, 0.05) is 13.0 Å². The summed E-state index contributed by atoms with van der Waals surface area (Å²) < 4.78 is 16.0. The van der Waals surface area contributed by atoms with E-state index < -0.39 is 0 Å². The highest BCUT2D eigenvalue weighted by Crippen LogP contribution is 2.38. The first-order chi connectivity index (χ1) is 13.1. The van der Waals surface area contributed by atoms with E-state index in [1.54, 1.807) is 21.3 Å². The number of methoxy groups -OCH3 is 3. The maximum Gasteiger partial charge on any atom is 0.220 e. The number of hydrogen-bond donors (Lipinski definition) is 1. The molecule has 152 valence electrons. The first kappa shape index (κ1) is 21.4. The Labute approximate surface area is 163 Å². The van der Waals surface area contributed by atoms with Crippen molar-refractivity contribution in [2.45, 2.75) is 39.0 Å². The van der Waals surface area contributed by atoms with E-state index in [-0.39, 0.29) is 5.91 Å². The molecule has 1 aliphatic rings. The maximum absolute atomic E-state index is 12.1. The molecule has 0 aromatic heterocycles. The van der Waals surface area contributed by atoms with E-state index in [0.717, 1.165) is 31.0 Å². The van der Waals surface area contributed by atoms with Crippen molar-refractivity contribution in [1.82, 2.24) is 10.2 Å². The summed E-state index contributed by atoms with van der Waals surface area (Å²) in [4.78, 5) is 14.6. The molecule has 0 saturated carbocycles. The van der Waals surface area contributed by atoms with Crippen LogP contribution in [0.4, 0.5) is 0 Å². The molecule has 1 N–H and O–H groups in total. The fourth-order valence-corrected chi connectivity index (χ4v) is 3.44. The molecule has 27 heavy (non-hydrogen) atoms. The van der Waals surface area contributed by atoms with Gasteiger partial charge in [0.1, 0.15) is 0 Å². The van der Waals surface area contributed by atoms with Crippen molar-refractivity contribution in [3.8, 4) is 17.2 Å². The summed E-state index contributed by atoms with van der Waals surface area (Å²) in [5.41, 5.74) is 0.988. The van der Waals surface area contributed by atoms with Crippen LogP contribution >= 0.6 is 0 Å². The molecule has 0 radical (unpaired) electrons. The summed E-state index contributed by atoms with van der Waals surface area (Å²) >= 11 is 0. The van der Waals surface area contributed by atoms with Crippen molar-refractivity contribution < 1.29 is 19.0 Å². The van der Waals surface area contributed by atoms with Crippen LogP contribution in [0.3, 0.4) is 0 Å². The molecular formula is C21H34N2O4. The molecular weight excluding hydrogens is 344 g/mol. The number of likely N-dealkylation sites (tertiary alicyclic amines) is 1. The molecule has 1 fully saturated rings. The van der Waals surface area contributed by atoms with Gasteiger partial charge in [-0.05, 0) is 68.9 Å². The fraction of sp³-hybridized carbons (Fsp3) is 0.667. The third-order valence-electron chi connectivity index (χ3n) is 5.21. The van der Waals surface area contributed by atoms with Crippen molar-refractivity contribution in [1.29, 1.82) is 0 Å². The molecule has 0 unspecified atom stereocenters. The number of nitrogens with one attached hydrogen (secondary N) is 1. The van der Waals surface area contributed by atoms with Crippen LogP contribution in [0.25, 0.3) is 0 Å². The van der Waals surface area contributed by atoms with Crippen LogP contribution in [0.1, 0.15) is 38.2 Å². The Morgan fingerprint density at radius 1 is 1.11 bits per heavy atom. The van der Waals surface area contributed by atoms with E-state index >= 15 is 0 Å². The van der Waals surface area contributed by atoms with Crippen molar-refractivity contribution >= 4 is 5.91 Å². The maximum atomic E-state index is 12.1. The third kappa shape index (κ3) is 6.61. The van der Waals surface area contributed by atoms with Crippen LogP contribution < -0.4 is 19.5 Å². The molecule has 6 heteroatoms. The van der Waals surface area contributed by atoms with Gasteiger partial charge in [-0.2, -0.15) is 0 Å². The number of ether oxygens (including phenoxy) is 3. The van der Waals surface area contributed by atoms with E-state index in [1.807, 2.05) is 12.1 Å². The van der Waals surface area contributed by atoms with Crippen molar-refractivity contribution in [3.63, 3.8) is 0 Å². The van der Waals surface area contributed by atoms with Crippen LogP contribution in [-0.2, 0) is 11.2 Å². The highest BCUT2D eigenvalue weighted by atomic mass is 16.5. The molecule has 0 bridgehead atoms. The monoisotopic (exact) mass is 378 g/mol. The van der Waals surface area contributed by atoms with Gasteiger partial charge in [0.25, 0.3) is 0 Å². The second-order valence-electron chi connectivity index (χ2n) is 7.26. The molecule has 0 spiro atoms. The Balaban J connectivity index is 1.72. The summed E-state index contributed by atoms with van der Waals surface area (Å²) in [6, 6.07) is 3.79. The minimum atomic E-state index is 0.0796. The molecule has 1 saturated heterocycles. The van der Waals surface area contributed by atoms with Gasteiger partial charge in [0.05, 0.1) is 21.3 Å². The Morgan fingerprint density at radius 2 is 1.74 bits per heavy atom. The second kappa shape index (κ2) is 11.0. The lowest BCUT2D eigenvalue weighted by Gasteiger charge is -2.30. The zero-order valence-electron chi connectivity index (χ0n) is 17.2. The molecule has 6 nitrogen and oxygen atoms in total. The standard InChI is InChI=1S/C21H34N2O4/c1-16-8-12-23(13-9-16)11-5-10-22-20(24)7-6-17-14-18(25-2)21(27-4)19(15-17)26-3/h14-16H,5-13H2,1-4H3,(H,22,24). The van der Waals surface area contributed by atoms with Crippen molar-refractivity contribution in [2.24, 2.45) is 5.92 Å². The highest BCUT2D eigenvalue weighted by Gasteiger charge is 2.15. The number of nitrogens with zero attached hydrogens (tertiary/aromatic N) is 1. The molecule has 1 amide bonds. The molecule has 0 atom stereocenters. The summed E-state index contributed by atoms with van der Waals surface area (Å²) in [7, 11) is 4.77. The molecule has 1 aromatic rings. The van der Waals surface area contributed by atoms with Gasteiger partial charge in [-0.25, -0.2) is 0 Å². The first-order valence-electron chi connectivity index (χ1n) is 9.85. The number of piperidine rings is 1. The zero-order chi connectivity index (χ0) is 19.6. The van der Waals surface area contributed by atoms with Gasteiger partial charge in [-0.1, -0.05) is 6.92 Å². The normalized spacial score (nSPS) is 15.4. The minimum absolute atomic E-state index is 0.0796. The van der Waals surface area contributed by atoms with E-state index in [9.17, 15) is 4.79 Å². The van der Waals surface area contributed by atoms with E-state index in [4.69, 9.17) is 14.2 Å². The predicted octanol–water partition coefficient (Wildman–Crippen LogP) is 2.88. The number of aryl methyl sites for hydroxylation is 1. The molecule has 2 rings (SSSR count). The minimum Gasteiger partial charge on any atom is -0.493 e. The Morgan fingerprint density at radius 3 is 2.30 bits per heavy atom. The molecule has 1 aliphatic heterocycles. The van der Waals surface area contributed by atoms with E-state index in [1.165, 1.54) is 25.9 Å². The average Bonchev–Trinajstić information content (AvgIpc) is 2.70. The molecule has 1 aromatic carbocycles. The first-order valence-corrected chi connectivity index (χ1v) is 9.85. The summed E-state index contributed by atoms with van der Waals surface area (Å²) in [6.07, 6.45) is 4.67. The van der Waals surface area contributed by atoms with Crippen molar-refractivity contribution in [3.05, 3.63) is 17.7 Å². The van der Waals surface area contributed by atoms with Crippen LogP contribution in [0.15, 0.2) is 12.1 Å². The Kier molecular flexibility index (Phi) is 8.72. The third-order valence-corrected chi connectivity index (χ3v) is 5.21. The van der Waals surface area contributed by atoms with Crippen LogP contribution in [0, 0.1) is 5.92 Å². The summed E-state index contributed by atoms with van der Waals surface area (Å²) in [5.74, 6) is 2.73. The Hall–Kier alpha value is -1.95. The Bertz CT molecular complexity index is 573. The van der Waals surface area contributed by atoms with Crippen LogP contribution in [-0.4, -0.2) is 58.3 Å². The van der Waals surface area contributed by atoms with Gasteiger partial charge in [0.2, 0.25) is 11.7 Å². The largest absolute Gasteiger partial charge is 0.493 e. The number of amides is 1. The fourth-order valence-electron chi connectivity index (χ4n) is 3.44. The molecule has 1 heterocycles. The van der Waals surface area contributed by atoms with E-state index in [2.05, 4.69) is 17.1 Å². The molecule has 0 aliphatic carbocycles. The number of carbonyl (C=O) groups is 1. The van der Waals surface area contributed by atoms with Crippen LogP contribution in [0.2, 0.25) is 0 Å². The van der Waals surface area contributed by atoms with Gasteiger partial charge in [-0.3, -0.25) is 4.79 Å². The van der Waals surface area contributed by atoms with Crippen LogP contribution in [0.5, 0.6) is 17.2 Å². The lowest BCUT2D eigenvalue weighted by Crippen LogP contribution is -2.35. The number of carbonyl (C=O) groups excluding carboxylic acids is 1. The second-order valence-corrected chi connectivity index (χ2v) is 7.26.